The van der Waals surface area contributed by atoms with Gasteiger partial charge >= 0.3 is 0 Å². The SMILES string of the molecule is CN(C)[C@]1(c2ccccc2)CCN(C(=O)CN2CCc3ccccc3C2)C[C@H]1O. The van der Waals surface area contributed by atoms with E-state index in [0.29, 0.717) is 19.6 Å². The molecule has 5 nitrogen and oxygen atoms in total. The van der Waals surface area contributed by atoms with Crippen molar-refractivity contribution in [2.75, 3.05) is 40.3 Å². The molecule has 0 radical (unpaired) electrons. The van der Waals surface area contributed by atoms with Crippen LogP contribution in [0.1, 0.15) is 23.1 Å². The van der Waals surface area contributed by atoms with Crippen molar-refractivity contribution in [3.63, 3.8) is 0 Å². The fourth-order valence-corrected chi connectivity index (χ4v) is 4.97. The molecule has 0 aliphatic carbocycles. The molecule has 2 aromatic rings. The van der Waals surface area contributed by atoms with E-state index in [1.165, 1.54) is 11.1 Å². The quantitative estimate of drug-likeness (QED) is 0.864. The first-order valence-corrected chi connectivity index (χ1v) is 10.5. The van der Waals surface area contributed by atoms with Crippen molar-refractivity contribution in [2.24, 2.45) is 0 Å². The molecule has 0 spiro atoms. The first-order valence-electron chi connectivity index (χ1n) is 10.5. The second kappa shape index (κ2) is 8.27. The number of likely N-dealkylation sites (tertiary alicyclic amines) is 1. The van der Waals surface area contributed by atoms with Crippen molar-refractivity contribution in [1.82, 2.24) is 14.7 Å². The predicted octanol–water partition coefficient (Wildman–Crippen LogP) is 2.10. The predicted molar refractivity (Wildman–Crippen MR) is 114 cm³/mol. The van der Waals surface area contributed by atoms with E-state index in [4.69, 9.17) is 0 Å². The van der Waals surface area contributed by atoms with Gasteiger partial charge in [-0.1, -0.05) is 54.6 Å². The third-order valence-electron chi connectivity index (χ3n) is 6.70. The van der Waals surface area contributed by atoms with E-state index in [-0.39, 0.29) is 5.91 Å². The number of β-amino-alcohol motifs (C(OH)–C–C–N with tert-alkyl or cyclic N) is 1. The number of amides is 1. The van der Waals surface area contributed by atoms with Crippen LogP contribution in [0.4, 0.5) is 0 Å². The minimum atomic E-state index is -0.625. The molecule has 2 heterocycles. The van der Waals surface area contributed by atoms with E-state index in [1.807, 2.05) is 37.2 Å². The second-order valence-corrected chi connectivity index (χ2v) is 8.52. The van der Waals surface area contributed by atoms with Gasteiger partial charge in [0, 0.05) is 26.2 Å². The van der Waals surface area contributed by atoms with Gasteiger partial charge < -0.3 is 10.0 Å². The number of likely N-dealkylation sites (N-methyl/N-ethyl adjacent to an activating group) is 1. The minimum absolute atomic E-state index is 0.115. The van der Waals surface area contributed by atoms with E-state index in [9.17, 15) is 9.90 Å². The van der Waals surface area contributed by atoms with Crippen LogP contribution in [0.5, 0.6) is 0 Å². The van der Waals surface area contributed by atoms with Crippen LogP contribution < -0.4 is 0 Å². The highest BCUT2D eigenvalue weighted by Crippen LogP contribution is 2.37. The molecule has 2 aromatic carbocycles. The van der Waals surface area contributed by atoms with Gasteiger partial charge in [-0.2, -0.15) is 0 Å². The molecule has 1 saturated heterocycles. The number of carbonyl (C=O) groups excluding carboxylic acids is 1. The summed E-state index contributed by atoms with van der Waals surface area (Å²) < 4.78 is 0. The molecular formula is C24H31N3O2. The summed E-state index contributed by atoms with van der Waals surface area (Å²) >= 11 is 0. The first kappa shape index (κ1) is 20.1. The number of hydrogen-bond donors (Lipinski definition) is 1. The molecule has 1 fully saturated rings. The Hall–Kier alpha value is -2.21. The smallest absolute Gasteiger partial charge is 0.236 e. The number of piperidine rings is 1. The lowest BCUT2D eigenvalue weighted by Gasteiger charge is -2.50. The van der Waals surface area contributed by atoms with Crippen molar-refractivity contribution in [1.29, 1.82) is 0 Å². The summed E-state index contributed by atoms with van der Waals surface area (Å²) in [6, 6.07) is 18.7. The van der Waals surface area contributed by atoms with Crippen molar-refractivity contribution in [3.05, 3.63) is 71.3 Å². The van der Waals surface area contributed by atoms with Gasteiger partial charge in [-0.3, -0.25) is 14.6 Å². The molecule has 5 heteroatoms. The van der Waals surface area contributed by atoms with Crippen molar-refractivity contribution < 1.29 is 9.90 Å². The number of hydrogen-bond acceptors (Lipinski definition) is 4. The Morgan fingerprint density at radius 1 is 1.07 bits per heavy atom. The zero-order chi connectivity index (χ0) is 20.4. The van der Waals surface area contributed by atoms with Crippen molar-refractivity contribution in [3.8, 4) is 0 Å². The minimum Gasteiger partial charge on any atom is -0.389 e. The Labute approximate surface area is 173 Å². The molecule has 1 amide bonds. The second-order valence-electron chi connectivity index (χ2n) is 8.52. The number of benzene rings is 2. The van der Waals surface area contributed by atoms with E-state index >= 15 is 0 Å². The lowest BCUT2D eigenvalue weighted by molar-refractivity contribution is -0.142. The van der Waals surface area contributed by atoms with Gasteiger partial charge in [0.1, 0.15) is 0 Å². The van der Waals surface area contributed by atoms with Crippen molar-refractivity contribution in [2.45, 2.75) is 31.0 Å². The third-order valence-corrected chi connectivity index (χ3v) is 6.70. The summed E-state index contributed by atoms with van der Waals surface area (Å²) in [7, 11) is 4.03. The molecular weight excluding hydrogens is 362 g/mol. The summed E-state index contributed by atoms with van der Waals surface area (Å²) in [4.78, 5) is 19.2. The maximum Gasteiger partial charge on any atom is 0.236 e. The molecule has 0 aromatic heterocycles. The van der Waals surface area contributed by atoms with Gasteiger partial charge in [-0.15, -0.1) is 0 Å². The van der Waals surface area contributed by atoms with Crippen LogP contribution in [0.3, 0.4) is 0 Å². The summed E-state index contributed by atoms with van der Waals surface area (Å²) in [5, 5.41) is 11.1. The summed E-state index contributed by atoms with van der Waals surface area (Å²) in [5.41, 5.74) is 3.36. The van der Waals surface area contributed by atoms with Gasteiger partial charge in [-0.25, -0.2) is 0 Å². The monoisotopic (exact) mass is 393 g/mol. The van der Waals surface area contributed by atoms with Crippen LogP contribution in [0.2, 0.25) is 0 Å². The highest BCUT2D eigenvalue weighted by molar-refractivity contribution is 5.78. The highest BCUT2D eigenvalue weighted by Gasteiger charge is 2.46. The average Bonchev–Trinajstić information content (AvgIpc) is 2.74. The topological polar surface area (TPSA) is 47.0 Å². The molecule has 0 saturated carbocycles. The zero-order valence-electron chi connectivity index (χ0n) is 17.4. The maximum absolute atomic E-state index is 13.0. The summed E-state index contributed by atoms with van der Waals surface area (Å²) in [6.07, 6.45) is 1.09. The molecule has 0 unspecified atom stereocenters. The van der Waals surface area contributed by atoms with Gasteiger partial charge in [0.2, 0.25) is 5.91 Å². The Kier molecular flexibility index (Phi) is 5.72. The molecule has 29 heavy (non-hydrogen) atoms. The van der Waals surface area contributed by atoms with Crippen LogP contribution in [0.15, 0.2) is 54.6 Å². The molecule has 154 valence electrons. The van der Waals surface area contributed by atoms with Crippen LogP contribution in [0.25, 0.3) is 0 Å². The number of aliphatic hydroxyl groups excluding tert-OH is 1. The Morgan fingerprint density at radius 3 is 2.45 bits per heavy atom. The Morgan fingerprint density at radius 2 is 1.76 bits per heavy atom. The van der Waals surface area contributed by atoms with E-state index in [1.54, 1.807) is 0 Å². The average molecular weight is 394 g/mol. The lowest BCUT2D eigenvalue weighted by atomic mass is 9.77. The largest absolute Gasteiger partial charge is 0.389 e. The highest BCUT2D eigenvalue weighted by atomic mass is 16.3. The Balaban J connectivity index is 1.42. The van der Waals surface area contributed by atoms with Crippen LogP contribution in [0, 0.1) is 0 Å². The molecule has 2 atom stereocenters. The fraction of sp³-hybridized carbons (Fsp3) is 0.458. The normalized spacial score (nSPS) is 25.1. The number of rotatable bonds is 4. The van der Waals surface area contributed by atoms with E-state index in [2.05, 4.69) is 46.2 Å². The fourth-order valence-electron chi connectivity index (χ4n) is 4.97. The van der Waals surface area contributed by atoms with E-state index < -0.39 is 11.6 Å². The standard InChI is InChI=1S/C24H31N3O2/c1-25(2)24(21-10-4-3-5-11-21)13-15-27(17-22(24)28)23(29)18-26-14-12-19-8-6-7-9-20(19)16-26/h3-11,22,28H,12-18H2,1-2H3/t22-,24+/m1/s1. The van der Waals surface area contributed by atoms with Gasteiger partial charge in [0.25, 0.3) is 0 Å². The van der Waals surface area contributed by atoms with Crippen LogP contribution in [-0.2, 0) is 23.3 Å². The maximum atomic E-state index is 13.0. The Bertz CT molecular complexity index is 854. The van der Waals surface area contributed by atoms with Crippen molar-refractivity contribution >= 4 is 5.91 Å². The molecule has 2 aliphatic heterocycles. The molecule has 0 bridgehead atoms. The van der Waals surface area contributed by atoms with E-state index in [0.717, 1.165) is 31.5 Å². The number of fused-ring (bicyclic) bond motifs is 1. The molecule has 2 aliphatic rings. The number of aliphatic hydroxyl groups is 1. The zero-order valence-corrected chi connectivity index (χ0v) is 17.4. The van der Waals surface area contributed by atoms with Crippen LogP contribution >= 0.6 is 0 Å². The third kappa shape index (κ3) is 3.82. The summed E-state index contributed by atoms with van der Waals surface area (Å²) in [6.45, 7) is 3.18. The van der Waals surface area contributed by atoms with Gasteiger partial charge in [-0.05, 0) is 43.6 Å². The lowest BCUT2D eigenvalue weighted by Crippen LogP contribution is -2.61. The molecule has 4 rings (SSSR count). The number of nitrogens with zero attached hydrogens (tertiary/aromatic N) is 3. The van der Waals surface area contributed by atoms with Gasteiger partial charge in [0.05, 0.1) is 18.2 Å². The number of carbonyl (C=O) groups is 1. The first-order chi connectivity index (χ1) is 14.0. The summed E-state index contributed by atoms with van der Waals surface area (Å²) in [5.74, 6) is 0.115. The van der Waals surface area contributed by atoms with Crippen LogP contribution in [-0.4, -0.2) is 72.1 Å². The molecule has 1 N–H and O–H groups in total. The van der Waals surface area contributed by atoms with Gasteiger partial charge in [0.15, 0.2) is 0 Å².